The van der Waals surface area contributed by atoms with Gasteiger partial charge in [-0.1, -0.05) is 31.2 Å². The summed E-state index contributed by atoms with van der Waals surface area (Å²) in [6.45, 7) is 9.23. The molecule has 0 aliphatic carbocycles. The van der Waals surface area contributed by atoms with Gasteiger partial charge in [-0.3, -0.25) is 9.79 Å². The van der Waals surface area contributed by atoms with E-state index in [0.29, 0.717) is 33.5 Å². The highest BCUT2D eigenvalue weighted by atomic mass is 19.4. The SMILES string of the molecule is C=CC(=O)NCc1cc(-c2ccc(OC(F)(F)F)cc2)c(C)c(N=C/C=C(\C)CC)c1C#N. The van der Waals surface area contributed by atoms with Crippen LogP contribution in [0.5, 0.6) is 5.75 Å². The van der Waals surface area contributed by atoms with Gasteiger partial charge in [0.15, 0.2) is 0 Å². The number of alkyl halides is 3. The van der Waals surface area contributed by atoms with Crippen LogP contribution in [0, 0.1) is 18.3 Å². The van der Waals surface area contributed by atoms with Crippen molar-refractivity contribution < 1.29 is 22.7 Å². The maximum absolute atomic E-state index is 12.5. The largest absolute Gasteiger partial charge is 0.573 e. The third-order valence-corrected chi connectivity index (χ3v) is 4.91. The normalized spacial score (nSPS) is 11.8. The molecule has 0 bridgehead atoms. The second-order valence-corrected chi connectivity index (χ2v) is 7.18. The van der Waals surface area contributed by atoms with Crippen LogP contribution in [-0.4, -0.2) is 18.5 Å². The molecule has 0 unspecified atom stereocenters. The number of nitrogens with zero attached hydrogens (tertiary/aromatic N) is 2. The van der Waals surface area contributed by atoms with Gasteiger partial charge in [0.05, 0.1) is 11.3 Å². The summed E-state index contributed by atoms with van der Waals surface area (Å²) >= 11 is 0. The number of hydrogen-bond acceptors (Lipinski definition) is 4. The first-order valence-electron chi connectivity index (χ1n) is 10.1. The smallest absolute Gasteiger partial charge is 0.406 e. The number of amides is 1. The Kier molecular flexibility index (Phi) is 8.57. The van der Waals surface area contributed by atoms with Crippen molar-refractivity contribution in [3.63, 3.8) is 0 Å². The van der Waals surface area contributed by atoms with E-state index in [1.54, 1.807) is 19.2 Å². The average Bonchev–Trinajstić information content (AvgIpc) is 2.78. The van der Waals surface area contributed by atoms with E-state index in [4.69, 9.17) is 0 Å². The maximum atomic E-state index is 12.5. The van der Waals surface area contributed by atoms with Gasteiger partial charge in [0.25, 0.3) is 0 Å². The molecule has 2 aromatic carbocycles. The number of hydrogen-bond donors (Lipinski definition) is 1. The van der Waals surface area contributed by atoms with Crippen molar-refractivity contribution in [3.8, 4) is 22.9 Å². The van der Waals surface area contributed by atoms with E-state index in [-0.39, 0.29) is 12.3 Å². The number of ether oxygens (including phenoxy) is 1. The van der Waals surface area contributed by atoms with Crippen molar-refractivity contribution in [1.82, 2.24) is 5.32 Å². The Bertz CT molecular complexity index is 1130. The summed E-state index contributed by atoms with van der Waals surface area (Å²) in [6.07, 6.45) is 0.640. The van der Waals surface area contributed by atoms with Crippen molar-refractivity contribution in [2.45, 2.75) is 40.1 Å². The van der Waals surface area contributed by atoms with E-state index in [1.807, 2.05) is 19.9 Å². The number of aliphatic imine (C=N–C) groups is 1. The van der Waals surface area contributed by atoms with Crippen LogP contribution in [-0.2, 0) is 11.3 Å². The van der Waals surface area contributed by atoms with Crippen molar-refractivity contribution in [1.29, 1.82) is 5.26 Å². The van der Waals surface area contributed by atoms with Gasteiger partial charge in [0.1, 0.15) is 11.8 Å². The molecule has 5 nitrogen and oxygen atoms in total. The van der Waals surface area contributed by atoms with Crippen LogP contribution in [0.25, 0.3) is 11.1 Å². The standard InChI is InChI=1S/C25H24F3N3O2/c1-5-16(3)11-12-30-24-17(4)21(13-19(22(24)14-29)15-31-23(32)6-2)18-7-9-20(10-8-18)33-25(26,27)28/h6-13H,2,5,15H2,1,3-4H3,(H,31,32)/b16-11+,30-12?. The Morgan fingerprint density at radius 3 is 2.52 bits per heavy atom. The Hall–Kier alpha value is -3.86. The topological polar surface area (TPSA) is 74.5 Å². The zero-order chi connectivity index (χ0) is 24.6. The Balaban J connectivity index is 2.61. The molecule has 0 spiro atoms. The van der Waals surface area contributed by atoms with Crippen molar-refractivity contribution in [2.75, 3.05) is 0 Å². The summed E-state index contributed by atoms with van der Waals surface area (Å²) in [7, 11) is 0. The van der Waals surface area contributed by atoms with Crippen LogP contribution < -0.4 is 10.1 Å². The number of nitriles is 1. The molecule has 1 amide bonds. The summed E-state index contributed by atoms with van der Waals surface area (Å²) in [4.78, 5) is 16.2. The molecular formula is C25H24F3N3O2. The fourth-order valence-electron chi connectivity index (χ4n) is 2.99. The second kappa shape index (κ2) is 11.1. The first-order valence-corrected chi connectivity index (χ1v) is 10.1. The predicted molar refractivity (Wildman–Crippen MR) is 122 cm³/mol. The molecule has 0 fully saturated rings. The summed E-state index contributed by atoms with van der Waals surface area (Å²) in [6, 6.07) is 9.31. The molecule has 2 aromatic rings. The van der Waals surface area contributed by atoms with E-state index >= 15 is 0 Å². The van der Waals surface area contributed by atoms with E-state index in [9.17, 15) is 23.2 Å². The fraction of sp³-hybridized carbons (Fsp3) is 0.240. The third-order valence-electron chi connectivity index (χ3n) is 4.91. The molecule has 0 saturated heterocycles. The molecule has 0 aliphatic rings. The third kappa shape index (κ3) is 7.07. The molecule has 2 rings (SSSR count). The molecule has 172 valence electrons. The predicted octanol–water partition coefficient (Wildman–Crippen LogP) is 6.29. The first-order chi connectivity index (χ1) is 15.6. The molecule has 0 atom stereocenters. The van der Waals surface area contributed by atoms with Gasteiger partial charge in [-0.05, 0) is 72.9 Å². The van der Waals surface area contributed by atoms with Gasteiger partial charge in [0, 0.05) is 12.8 Å². The van der Waals surface area contributed by atoms with Crippen LogP contribution in [0.3, 0.4) is 0 Å². The highest BCUT2D eigenvalue weighted by molar-refractivity contribution is 5.87. The number of halogens is 3. The zero-order valence-electron chi connectivity index (χ0n) is 18.6. The summed E-state index contributed by atoms with van der Waals surface area (Å²) in [5.41, 5.74) is 4.30. The lowest BCUT2D eigenvalue weighted by Gasteiger charge is -2.16. The van der Waals surface area contributed by atoms with Crippen molar-refractivity contribution in [3.05, 3.63) is 71.3 Å². The van der Waals surface area contributed by atoms with Crippen LogP contribution in [0.4, 0.5) is 18.9 Å². The molecule has 0 radical (unpaired) electrons. The highest BCUT2D eigenvalue weighted by Gasteiger charge is 2.31. The van der Waals surface area contributed by atoms with Crippen molar-refractivity contribution >= 4 is 17.8 Å². The van der Waals surface area contributed by atoms with E-state index in [0.717, 1.165) is 18.1 Å². The van der Waals surface area contributed by atoms with Crippen LogP contribution in [0.1, 0.15) is 37.0 Å². The lowest BCUT2D eigenvalue weighted by atomic mass is 9.92. The van der Waals surface area contributed by atoms with Crippen LogP contribution in [0.15, 0.2) is 59.6 Å². The molecule has 0 aromatic heterocycles. The number of allylic oxidation sites excluding steroid dienone is 2. The van der Waals surface area contributed by atoms with Crippen LogP contribution in [0.2, 0.25) is 0 Å². The lowest BCUT2D eigenvalue weighted by molar-refractivity contribution is -0.274. The fourth-order valence-corrected chi connectivity index (χ4v) is 2.99. The number of benzene rings is 2. The minimum Gasteiger partial charge on any atom is -0.406 e. The van der Waals surface area contributed by atoms with Crippen molar-refractivity contribution in [2.24, 2.45) is 4.99 Å². The molecular weight excluding hydrogens is 431 g/mol. The zero-order valence-corrected chi connectivity index (χ0v) is 18.6. The lowest BCUT2D eigenvalue weighted by Crippen LogP contribution is -2.20. The molecule has 0 heterocycles. The summed E-state index contributed by atoms with van der Waals surface area (Å²) < 4.78 is 41.4. The quantitative estimate of drug-likeness (QED) is 0.375. The number of nitrogens with one attached hydrogen (secondary N) is 1. The monoisotopic (exact) mass is 455 g/mol. The molecule has 0 aliphatic heterocycles. The second-order valence-electron chi connectivity index (χ2n) is 7.18. The van der Waals surface area contributed by atoms with Gasteiger partial charge >= 0.3 is 6.36 Å². The number of rotatable bonds is 8. The van der Waals surface area contributed by atoms with E-state index in [2.05, 4.69) is 27.7 Å². The highest BCUT2D eigenvalue weighted by Crippen LogP contribution is 2.36. The maximum Gasteiger partial charge on any atom is 0.573 e. The minimum absolute atomic E-state index is 0.0582. The molecule has 8 heteroatoms. The molecule has 0 saturated carbocycles. The van der Waals surface area contributed by atoms with Gasteiger partial charge < -0.3 is 10.1 Å². The molecule has 33 heavy (non-hydrogen) atoms. The summed E-state index contributed by atoms with van der Waals surface area (Å²) in [5.74, 6) is -0.740. The van der Waals surface area contributed by atoms with Gasteiger partial charge in [-0.25, -0.2) is 0 Å². The Morgan fingerprint density at radius 1 is 1.30 bits per heavy atom. The van der Waals surface area contributed by atoms with Crippen LogP contribution >= 0.6 is 0 Å². The van der Waals surface area contributed by atoms with Gasteiger partial charge in [-0.15, -0.1) is 13.2 Å². The van der Waals surface area contributed by atoms with E-state index in [1.165, 1.54) is 24.3 Å². The summed E-state index contributed by atoms with van der Waals surface area (Å²) in [5, 5.41) is 12.5. The minimum atomic E-state index is -4.78. The number of carbonyl (C=O) groups is 1. The van der Waals surface area contributed by atoms with Gasteiger partial charge in [-0.2, -0.15) is 5.26 Å². The number of carbonyl (C=O) groups excluding carboxylic acids is 1. The van der Waals surface area contributed by atoms with Gasteiger partial charge in [0.2, 0.25) is 5.91 Å². The average molecular weight is 455 g/mol. The molecule has 1 N–H and O–H groups in total. The first kappa shape index (κ1) is 25.4. The Labute approximate surface area is 190 Å². The Morgan fingerprint density at radius 2 is 1.97 bits per heavy atom. The van der Waals surface area contributed by atoms with E-state index < -0.39 is 12.3 Å².